The van der Waals surface area contributed by atoms with Crippen molar-refractivity contribution in [3.63, 3.8) is 0 Å². The monoisotopic (exact) mass is 400 g/mol. The molecule has 1 heterocycles. The summed E-state index contributed by atoms with van der Waals surface area (Å²) in [5, 5.41) is 3.15. The third-order valence-electron chi connectivity index (χ3n) is 5.41. The summed E-state index contributed by atoms with van der Waals surface area (Å²) < 4.78 is 26.9. The van der Waals surface area contributed by atoms with E-state index < -0.39 is 10.0 Å². The van der Waals surface area contributed by atoms with Gasteiger partial charge in [0.2, 0.25) is 15.9 Å². The number of nitrogens with zero attached hydrogens (tertiary/aromatic N) is 1. The standard InChI is InChI=1S/C22H28N2O3S/c1-3-21(18-11-9-17(2)10-12-18)23-22(25)19-13-15-24(16-14-19)28(26,27)20-7-5-4-6-8-20/h4-12,19,21H,3,13-16H2,1-2H3,(H,23,25)/t21-/m1/s1. The number of piperidine rings is 1. The van der Waals surface area contributed by atoms with Gasteiger partial charge in [0.05, 0.1) is 10.9 Å². The predicted molar refractivity (Wildman–Crippen MR) is 110 cm³/mol. The number of hydrogen-bond donors (Lipinski definition) is 1. The molecule has 28 heavy (non-hydrogen) atoms. The summed E-state index contributed by atoms with van der Waals surface area (Å²) in [7, 11) is -3.48. The molecule has 1 amide bonds. The van der Waals surface area contributed by atoms with Crippen LogP contribution in [-0.2, 0) is 14.8 Å². The van der Waals surface area contributed by atoms with Crippen LogP contribution < -0.4 is 5.32 Å². The molecule has 1 aliphatic heterocycles. The highest BCUT2D eigenvalue weighted by Crippen LogP contribution is 2.25. The summed E-state index contributed by atoms with van der Waals surface area (Å²) in [5.41, 5.74) is 2.29. The molecule has 6 heteroatoms. The van der Waals surface area contributed by atoms with E-state index >= 15 is 0 Å². The molecular formula is C22H28N2O3S. The Labute approximate surface area is 167 Å². The van der Waals surface area contributed by atoms with Gasteiger partial charge in [-0.1, -0.05) is 55.0 Å². The Bertz CT molecular complexity index is 887. The Morgan fingerprint density at radius 2 is 1.68 bits per heavy atom. The molecule has 1 N–H and O–H groups in total. The molecule has 0 bridgehead atoms. The van der Waals surface area contributed by atoms with E-state index in [9.17, 15) is 13.2 Å². The van der Waals surface area contributed by atoms with Crippen LogP contribution in [0.25, 0.3) is 0 Å². The maximum atomic E-state index is 12.8. The fourth-order valence-corrected chi connectivity index (χ4v) is 5.10. The van der Waals surface area contributed by atoms with Gasteiger partial charge in [0.25, 0.3) is 0 Å². The smallest absolute Gasteiger partial charge is 0.243 e. The molecule has 150 valence electrons. The number of hydrogen-bond acceptors (Lipinski definition) is 3. The van der Waals surface area contributed by atoms with Gasteiger partial charge in [0, 0.05) is 19.0 Å². The Balaban J connectivity index is 1.59. The normalized spacial score (nSPS) is 17.2. The molecular weight excluding hydrogens is 372 g/mol. The predicted octanol–water partition coefficient (Wildman–Crippen LogP) is 3.66. The van der Waals surface area contributed by atoms with Gasteiger partial charge in [-0.05, 0) is 43.9 Å². The van der Waals surface area contributed by atoms with E-state index in [2.05, 4.69) is 36.5 Å². The summed E-state index contributed by atoms with van der Waals surface area (Å²) in [4.78, 5) is 13.1. The molecule has 0 spiro atoms. The molecule has 0 saturated carbocycles. The maximum absolute atomic E-state index is 12.8. The van der Waals surface area contributed by atoms with Crippen molar-refractivity contribution in [1.29, 1.82) is 0 Å². The fraction of sp³-hybridized carbons (Fsp3) is 0.409. The Morgan fingerprint density at radius 3 is 2.25 bits per heavy atom. The van der Waals surface area contributed by atoms with Crippen molar-refractivity contribution in [2.45, 2.75) is 44.0 Å². The average Bonchev–Trinajstić information content (AvgIpc) is 2.73. The van der Waals surface area contributed by atoms with Crippen LogP contribution in [0.5, 0.6) is 0 Å². The molecule has 3 rings (SSSR count). The van der Waals surface area contributed by atoms with Crippen molar-refractivity contribution in [1.82, 2.24) is 9.62 Å². The van der Waals surface area contributed by atoms with E-state index in [0.29, 0.717) is 30.8 Å². The first-order chi connectivity index (χ1) is 13.4. The second-order valence-electron chi connectivity index (χ2n) is 7.37. The van der Waals surface area contributed by atoms with E-state index in [1.807, 2.05) is 6.92 Å². The van der Waals surface area contributed by atoms with Gasteiger partial charge >= 0.3 is 0 Å². The van der Waals surface area contributed by atoms with Crippen molar-refractivity contribution in [3.05, 3.63) is 65.7 Å². The van der Waals surface area contributed by atoms with Gasteiger partial charge < -0.3 is 5.32 Å². The van der Waals surface area contributed by atoms with Crippen LogP contribution in [0.1, 0.15) is 43.4 Å². The lowest BCUT2D eigenvalue weighted by molar-refractivity contribution is -0.126. The van der Waals surface area contributed by atoms with E-state index in [1.165, 1.54) is 9.87 Å². The van der Waals surface area contributed by atoms with Crippen molar-refractivity contribution < 1.29 is 13.2 Å². The minimum atomic E-state index is -3.48. The van der Waals surface area contributed by atoms with E-state index in [4.69, 9.17) is 0 Å². The van der Waals surface area contributed by atoms with Gasteiger partial charge in [-0.25, -0.2) is 8.42 Å². The lowest BCUT2D eigenvalue weighted by Gasteiger charge is -2.31. The zero-order valence-corrected chi connectivity index (χ0v) is 17.3. The molecule has 1 atom stereocenters. The molecule has 0 aromatic heterocycles. The number of aryl methyl sites for hydroxylation is 1. The van der Waals surface area contributed by atoms with Gasteiger partial charge in [-0.3, -0.25) is 4.79 Å². The van der Waals surface area contributed by atoms with Crippen molar-refractivity contribution in [2.75, 3.05) is 13.1 Å². The number of carbonyl (C=O) groups excluding carboxylic acids is 1. The molecule has 0 radical (unpaired) electrons. The maximum Gasteiger partial charge on any atom is 0.243 e. The van der Waals surface area contributed by atoms with Crippen molar-refractivity contribution in [2.24, 2.45) is 5.92 Å². The molecule has 2 aromatic rings. The largest absolute Gasteiger partial charge is 0.349 e. The first kappa shape index (κ1) is 20.6. The Kier molecular flexibility index (Phi) is 6.52. The highest BCUT2D eigenvalue weighted by Gasteiger charge is 2.32. The summed E-state index contributed by atoms with van der Waals surface area (Å²) in [5.74, 6) is -0.133. The minimum Gasteiger partial charge on any atom is -0.349 e. The third-order valence-corrected chi connectivity index (χ3v) is 7.32. The Morgan fingerprint density at radius 1 is 1.07 bits per heavy atom. The number of rotatable bonds is 6. The molecule has 2 aromatic carbocycles. The van der Waals surface area contributed by atoms with Crippen molar-refractivity contribution in [3.8, 4) is 0 Å². The van der Waals surface area contributed by atoms with Crippen LogP contribution in [0.2, 0.25) is 0 Å². The van der Waals surface area contributed by atoms with Crippen LogP contribution in [0.15, 0.2) is 59.5 Å². The summed E-state index contributed by atoms with van der Waals surface area (Å²) >= 11 is 0. The zero-order valence-electron chi connectivity index (χ0n) is 16.5. The zero-order chi connectivity index (χ0) is 20.1. The number of benzene rings is 2. The second kappa shape index (κ2) is 8.88. The third kappa shape index (κ3) is 4.62. The molecule has 0 aliphatic carbocycles. The minimum absolute atomic E-state index is 0.0146. The molecule has 1 fully saturated rings. The molecule has 1 saturated heterocycles. The second-order valence-corrected chi connectivity index (χ2v) is 9.31. The van der Waals surface area contributed by atoms with Crippen LogP contribution >= 0.6 is 0 Å². The summed E-state index contributed by atoms with van der Waals surface area (Å²) in [6.45, 7) is 4.84. The molecule has 5 nitrogen and oxygen atoms in total. The van der Waals surface area contributed by atoms with Crippen LogP contribution in [0.4, 0.5) is 0 Å². The number of sulfonamides is 1. The Hall–Kier alpha value is -2.18. The summed E-state index contributed by atoms with van der Waals surface area (Å²) in [6, 6.07) is 16.7. The highest BCUT2D eigenvalue weighted by molar-refractivity contribution is 7.89. The first-order valence-corrected chi connectivity index (χ1v) is 11.3. The van der Waals surface area contributed by atoms with Gasteiger partial charge in [-0.15, -0.1) is 0 Å². The van der Waals surface area contributed by atoms with Crippen LogP contribution in [0.3, 0.4) is 0 Å². The van der Waals surface area contributed by atoms with Gasteiger partial charge in [-0.2, -0.15) is 4.31 Å². The number of amides is 1. The lowest BCUT2D eigenvalue weighted by atomic mass is 9.95. The highest BCUT2D eigenvalue weighted by atomic mass is 32.2. The average molecular weight is 401 g/mol. The first-order valence-electron chi connectivity index (χ1n) is 9.84. The SMILES string of the molecule is CC[C@@H](NC(=O)C1CCN(S(=O)(=O)c2ccccc2)CC1)c1ccc(C)cc1. The van der Waals surface area contributed by atoms with E-state index in [1.54, 1.807) is 30.3 Å². The quantitative estimate of drug-likeness (QED) is 0.805. The molecule has 1 aliphatic rings. The number of nitrogens with one attached hydrogen (secondary N) is 1. The van der Waals surface area contributed by atoms with Crippen LogP contribution in [-0.4, -0.2) is 31.7 Å². The summed E-state index contributed by atoms with van der Waals surface area (Å²) in [6.07, 6.45) is 1.90. The van der Waals surface area contributed by atoms with E-state index in [0.717, 1.165) is 12.0 Å². The number of carbonyl (C=O) groups is 1. The lowest BCUT2D eigenvalue weighted by Crippen LogP contribution is -2.43. The van der Waals surface area contributed by atoms with Crippen LogP contribution in [0, 0.1) is 12.8 Å². The fourth-order valence-electron chi connectivity index (χ4n) is 3.61. The van der Waals surface area contributed by atoms with E-state index in [-0.39, 0.29) is 17.9 Å². The topological polar surface area (TPSA) is 66.5 Å². The van der Waals surface area contributed by atoms with Gasteiger partial charge in [0.15, 0.2) is 0 Å². The molecule has 0 unspecified atom stereocenters. The van der Waals surface area contributed by atoms with Crippen molar-refractivity contribution >= 4 is 15.9 Å². The van der Waals surface area contributed by atoms with Gasteiger partial charge in [0.1, 0.15) is 0 Å².